The van der Waals surface area contributed by atoms with Crippen LogP contribution in [0.25, 0.3) is 0 Å². The monoisotopic (exact) mass is 365 g/mol. The minimum atomic E-state index is -0.0509. The number of ether oxygens (including phenoxy) is 1. The summed E-state index contributed by atoms with van der Waals surface area (Å²) in [7, 11) is 2.14. The van der Waals surface area contributed by atoms with Crippen molar-refractivity contribution in [3.8, 4) is 0 Å². The standard InChI is InChI=1S/C22H27N3O2/c1-24-11-5-8-19-14-17(9-10-20(19)24)15-23-22(26)25-12-13-27-21(16-25)18-6-3-2-4-7-18/h2-4,6-7,9-10,14,21H,5,8,11-13,15-16H2,1H3,(H,23,26). The first-order chi connectivity index (χ1) is 13.2. The Kier molecular flexibility index (Phi) is 5.30. The molecular formula is C22H27N3O2. The first-order valence-electron chi connectivity index (χ1n) is 9.73. The fourth-order valence-corrected chi connectivity index (χ4v) is 3.94. The number of fused-ring (bicyclic) bond motifs is 1. The molecule has 5 nitrogen and oxygen atoms in total. The second-order valence-electron chi connectivity index (χ2n) is 7.36. The van der Waals surface area contributed by atoms with Crippen LogP contribution in [0.3, 0.4) is 0 Å². The molecule has 2 amide bonds. The van der Waals surface area contributed by atoms with Crippen molar-refractivity contribution in [2.24, 2.45) is 0 Å². The molecule has 1 N–H and O–H groups in total. The number of aryl methyl sites for hydroxylation is 1. The summed E-state index contributed by atoms with van der Waals surface area (Å²) in [6.45, 7) is 3.46. The molecule has 1 atom stereocenters. The van der Waals surface area contributed by atoms with Gasteiger partial charge in [-0.2, -0.15) is 0 Å². The number of anilines is 1. The molecule has 0 spiro atoms. The van der Waals surface area contributed by atoms with Gasteiger partial charge in [0.15, 0.2) is 0 Å². The van der Waals surface area contributed by atoms with Gasteiger partial charge in [-0.25, -0.2) is 4.79 Å². The largest absolute Gasteiger partial charge is 0.374 e. The van der Waals surface area contributed by atoms with Crippen LogP contribution in [0.2, 0.25) is 0 Å². The lowest BCUT2D eigenvalue weighted by molar-refractivity contribution is -0.0154. The van der Waals surface area contributed by atoms with E-state index in [0.29, 0.717) is 26.2 Å². The van der Waals surface area contributed by atoms with E-state index in [1.165, 1.54) is 17.7 Å². The number of amides is 2. The van der Waals surface area contributed by atoms with E-state index in [-0.39, 0.29) is 12.1 Å². The molecule has 0 radical (unpaired) electrons. The molecule has 5 heteroatoms. The van der Waals surface area contributed by atoms with Crippen LogP contribution >= 0.6 is 0 Å². The molecule has 1 saturated heterocycles. The van der Waals surface area contributed by atoms with E-state index in [9.17, 15) is 4.79 Å². The Bertz CT molecular complexity index is 793. The summed E-state index contributed by atoms with van der Waals surface area (Å²) in [5.74, 6) is 0. The first kappa shape index (κ1) is 17.9. The SMILES string of the molecule is CN1CCCc2cc(CNC(=O)N3CCOC(c4ccccc4)C3)ccc21. The second kappa shape index (κ2) is 8.01. The van der Waals surface area contributed by atoms with Crippen molar-refractivity contribution in [1.29, 1.82) is 0 Å². The van der Waals surface area contributed by atoms with Crippen LogP contribution in [-0.4, -0.2) is 44.2 Å². The van der Waals surface area contributed by atoms with Crippen LogP contribution in [-0.2, 0) is 17.7 Å². The Balaban J connectivity index is 1.35. The van der Waals surface area contributed by atoms with E-state index in [0.717, 1.165) is 24.1 Å². The number of morpholine rings is 1. The van der Waals surface area contributed by atoms with Crippen molar-refractivity contribution in [3.05, 3.63) is 65.2 Å². The van der Waals surface area contributed by atoms with E-state index in [2.05, 4.69) is 47.6 Å². The molecule has 0 saturated carbocycles. The third kappa shape index (κ3) is 4.08. The topological polar surface area (TPSA) is 44.8 Å². The number of hydrogen-bond acceptors (Lipinski definition) is 3. The molecule has 2 aliphatic heterocycles. The summed E-state index contributed by atoms with van der Waals surface area (Å²) >= 11 is 0. The van der Waals surface area contributed by atoms with E-state index < -0.39 is 0 Å². The highest BCUT2D eigenvalue weighted by Gasteiger charge is 2.25. The van der Waals surface area contributed by atoms with E-state index >= 15 is 0 Å². The zero-order chi connectivity index (χ0) is 18.6. The van der Waals surface area contributed by atoms with Gasteiger partial charge in [-0.1, -0.05) is 42.5 Å². The molecule has 0 aliphatic carbocycles. The normalized spacial score (nSPS) is 19.5. The number of nitrogens with zero attached hydrogens (tertiary/aromatic N) is 2. The molecule has 1 fully saturated rings. The number of rotatable bonds is 3. The van der Waals surface area contributed by atoms with Crippen LogP contribution in [0, 0.1) is 0 Å². The highest BCUT2D eigenvalue weighted by Crippen LogP contribution is 2.27. The number of hydrogen-bond donors (Lipinski definition) is 1. The smallest absolute Gasteiger partial charge is 0.317 e. The molecule has 2 heterocycles. The van der Waals surface area contributed by atoms with Gasteiger partial charge in [-0.3, -0.25) is 0 Å². The number of carbonyl (C=O) groups excluding carboxylic acids is 1. The van der Waals surface area contributed by atoms with Crippen molar-refractivity contribution >= 4 is 11.7 Å². The fourth-order valence-electron chi connectivity index (χ4n) is 3.94. The van der Waals surface area contributed by atoms with Gasteiger partial charge in [0.25, 0.3) is 0 Å². The Labute approximate surface area is 160 Å². The number of nitrogens with one attached hydrogen (secondary N) is 1. The van der Waals surface area contributed by atoms with Gasteiger partial charge in [0.1, 0.15) is 6.10 Å². The summed E-state index contributed by atoms with van der Waals surface area (Å²) in [6.07, 6.45) is 2.25. The Morgan fingerprint density at radius 1 is 1.19 bits per heavy atom. The van der Waals surface area contributed by atoms with Gasteiger partial charge >= 0.3 is 6.03 Å². The van der Waals surface area contributed by atoms with Gasteiger partial charge in [-0.05, 0) is 35.6 Å². The molecule has 27 heavy (non-hydrogen) atoms. The molecule has 1 unspecified atom stereocenters. The van der Waals surface area contributed by atoms with Gasteiger partial charge in [0.05, 0.1) is 13.2 Å². The van der Waals surface area contributed by atoms with E-state index in [1.54, 1.807) is 0 Å². The summed E-state index contributed by atoms with van der Waals surface area (Å²) in [4.78, 5) is 16.8. The molecule has 2 aromatic rings. The van der Waals surface area contributed by atoms with Crippen LogP contribution in [0.15, 0.2) is 48.5 Å². The first-order valence-corrected chi connectivity index (χ1v) is 9.73. The van der Waals surface area contributed by atoms with Crippen molar-refractivity contribution in [3.63, 3.8) is 0 Å². The van der Waals surface area contributed by atoms with E-state index in [4.69, 9.17) is 4.74 Å². The van der Waals surface area contributed by atoms with E-state index in [1.807, 2.05) is 23.1 Å². The lowest BCUT2D eigenvalue weighted by Crippen LogP contribution is -2.46. The summed E-state index contributed by atoms with van der Waals surface area (Å²) in [5.41, 5.74) is 4.97. The van der Waals surface area contributed by atoms with Gasteiger partial charge < -0.3 is 19.9 Å². The maximum Gasteiger partial charge on any atom is 0.317 e. The minimum absolute atomic E-state index is 0.0194. The van der Waals surface area contributed by atoms with Crippen molar-refractivity contribution in [2.45, 2.75) is 25.5 Å². The second-order valence-corrected chi connectivity index (χ2v) is 7.36. The maximum atomic E-state index is 12.6. The van der Waals surface area contributed by atoms with Gasteiger partial charge in [-0.15, -0.1) is 0 Å². The van der Waals surface area contributed by atoms with Crippen molar-refractivity contribution in [2.75, 3.05) is 38.2 Å². The van der Waals surface area contributed by atoms with Crippen molar-refractivity contribution < 1.29 is 9.53 Å². The molecule has 142 valence electrons. The minimum Gasteiger partial charge on any atom is -0.374 e. The zero-order valence-electron chi connectivity index (χ0n) is 15.9. The van der Waals surface area contributed by atoms with Crippen LogP contribution in [0.5, 0.6) is 0 Å². The lowest BCUT2D eigenvalue weighted by Gasteiger charge is -2.33. The van der Waals surface area contributed by atoms with Crippen LogP contribution < -0.4 is 10.2 Å². The highest BCUT2D eigenvalue weighted by atomic mass is 16.5. The number of benzene rings is 2. The third-order valence-electron chi connectivity index (χ3n) is 5.46. The lowest BCUT2D eigenvalue weighted by atomic mass is 9.99. The summed E-state index contributed by atoms with van der Waals surface area (Å²) in [6, 6.07) is 16.6. The fraction of sp³-hybridized carbons (Fsp3) is 0.409. The quantitative estimate of drug-likeness (QED) is 0.907. The highest BCUT2D eigenvalue weighted by molar-refractivity contribution is 5.74. The average Bonchev–Trinajstić information content (AvgIpc) is 2.73. The van der Waals surface area contributed by atoms with Crippen molar-refractivity contribution in [1.82, 2.24) is 10.2 Å². The molecule has 0 aromatic heterocycles. The number of urea groups is 1. The summed E-state index contributed by atoms with van der Waals surface area (Å²) < 4.78 is 5.85. The maximum absolute atomic E-state index is 12.6. The predicted molar refractivity (Wildman–Crippen MR) is 107 cm³/mol. The van der Waals surface area contributed by atoms with Gasteiger partial charge in [0.2, 0.25) is 0 Å². The van der Waals surface area contributed by atoms with Crippen LogP contribution in [0.1, 0.15) is 29.2 Å². The van der Waals surface area contributed by atoms with Gasteiger partial charge in [0, 0.05) is 32.4 Å². The Morgan fingerprint density at radius 3 is 2.89 bits per heavy atom. The molecule has 4 rings (SSSR count). The number of carbonyl (C=O) groups is 1. The average molecular weight is 365 g/mol. The Hall–Kier alpha value is -2.53. The summed E-state index contributed by atoms with van der Waals surface area (Å²) in [5, 5.41) is 3.08. The Morgan fingerprint density at radius 2 is 2.04 bits per heavy atom. The predicted octanol–water partition coefficient (Wildman–Crippen LogP) is 3.35. The third-order valence-corrected chi connectivity index (χ3v) is 5.46. The van der Waals surface area contributed by atoms with Crippen LogP contribution in [0.4, 0.5) is 10.5 Å². The molecule has 2 aliphatic rings. The molecule has 0 bridgehead atoms. The molecule has 2 aromatic carbocycles. The zero-order valence-corrected chi connectivity index (χ0v) is 15.9. The molecular weight excluding hydrogens is 338 g/mol.